The second kappa shape index (κ2) is 13.0. The number of likely N-dealkylation sites (N-methyl/N-ethyl adjacent to an activating group) is 1. The van der Waals surface area contributed by atoms with Crippen molar-refractivity contribution in [3.63, 3.8) is 0 Å². The molecule has 1 saturated carbocycles. The minimum absolute atomic E-state index is 0.0982. The number of carbonyl (C=O) groups excluding carboxylic acids is 1. The molecule has 0 spiro atoms. The number of nitrogens with two attached hydrogens (primary N) is 1. The molecule has 11 nitrogen and oxygen atoms in total. The molecular formula is C31H48N8O3. The highest BCUT2D eigenvalue weighted by atomic mass is 16.5. The first kappa shape index (κ1) is 30.3. The van der Waals surface area contributed by atoms with Crippen LogP contribution in [0.1, 0.15) is 68.6 Å². The van der Waals surface area contributed by atoms with Gasteiger partial charge in [-0.1, -0.05) is 6.92 Å². The molecule has 5 N–H and O–H groups in total. The van der Waals surface area contributed by atoms with E-state index < -0.39 is 11.5 Å². The summed E-state index contributed by atoms with van der Waals surface area (Å²) >= 11 is 0. The Bertz CT molecular complexity index is 1230. The molecule has 2 aliphatic heterocycles. The minimum Gasteiger partial charge on any atom is -0.494 e. The molecule has 1 aliphatic carbocycles. The quantitative estimate of drug-likeness (QED) is 0.351. The lowest BCUT2D eigenvalue weighted by molar-refractivity contribution is 0.0196. The second-order valence-electron chi connectivity index (χ2n) is 12.4. The maximum absolute atomic E-state index is 12.4. The number of methoxy groups -OCH3 is 1. The van der Waals surface area contributed by atoms with Gasteiger partial charge in [-0.05, 0) is 71.0 Å². The number of benzene rings is 1. The van der Waals surface area contributed by atoms with Crippen molar-refractivity contribution in [3.05, 3.63) is 29.6 Å². The highest BCUT2D eigenvalue weighted by Crippen LogP contribution is 2.35. The van der Waals surface area contributed by atoms with Crippen molar-refractivity contribution in [2.45, 2.75) is 76.5 Å². The number of primary amides is 1. The van der Waals surface area contributed by atoms with E-state index in [9.17, 15) is 9.90 Å². The lowest BCUT2D eigenvalue weighted by Gasteiger charge is -2.42. The van der Waals surface area contributed by atoms with Gasteiger partial charge in [0.15, 0.2) is 11.5 Å². The molecular weight excluding hydrogens is 532 g/mol. The smallest absolute Gasteiger partial charge is 0.271 e. The molecule has 3 aliphatic rings. The summed E-state index contributed by atoms with van der Waals surface area (Å²) in [6.45, 7) is 10.5. The lowest BCUT2D eigenvalue weighted by atomic mass is 9.83. The maximum atomic E-state index is 12.4. The summed E-state index contributed by atoms with van der Waals surface area (Å²) in [6.07, 6.45) is 6.02. The van der Waals surface area contributed by atoms with E-state index in [1.165, 1.54) is 0 Å². The topological polar surface area (TPSA) is 132 Å². The molecule has 3 heterocycles. The van der Waals surface area contributed by atoms with Crippen LogP contribution in [-0.4, -0.2) is 102 Å². The zero-order chi connectivity index (χ0) is 29.9. The molecule has 1 amide bonds. The zero-order valence-corrected chi connectivity index (χ0v) is 25.7. The number of aryl methyl sites for hydroxylation is 1. The van der Waals surface area contributed by atoms with Crippen molar-refractivity contribution in [1.29, 1.82) is 0 Å². The zero-order valence-electron chi connectivity index (χ0n) is 25.7. The molecule has 2 aromatic rings. The molecule has 1 aromatic carbocycles. The predicted molar refractivity (Wildman–Crippen MR) is 167 cm³/mol. The average Bonchev–Trinajstić information content (AvgIpc) is 2.99. The minimum atomic E-state index is -0.640. The van der Waals surface area contributed by atoms with E-state index >= 15 is 0 Å². The van der Waals surface area contributed by atoms with Crippen molar-refractivity contribution in [3.8, 4) is 5.75 Å². The highest BCUT2D eigenvalue weighted by Gasteiger charge is 2.30. The highest BCUT2D eigenvalue weighted by molar-refractivity contribution is 5.97. The van der Waals surface area contributed by atoms with Crippen LogP contribution >= 0.6 is 0 Å². The monoisotopic (exact) mass is 580 g/mol. The fraction of sp³-hybridized carbons (Fsp3) is 0.645. The number of piperazine rings is 1. The van der Waals surface area contributed by atoms with Crippen LogP contribution in [0.15, 0.2) is 18.2 Å². The number of aliphatic hydroxyl groups is 1. The summed E-state index contributed by atoms with van der Waals surface area (Å²) in [4.78, 5) is 29.3. The number of anilines is 4. The first-order valence-electron chi connectivity index (χ1n) is 15.5. The maximum Gasteiger partial charge on any atom is 0.271 e. The third-order valence-electron chi connectivity index (χ3n) is 9.26. The number of piperidine rings is 1. The van der Waals surface area contributed by atoms with E-state index in [1.54, 1.807) is 7.11 Å². The van der Waals surface area contributed by atoms with Gasteiger partial charge < -0.3 is 36.0 Å². The van der Waals surface area contributed by atoms with Crippen molar-refractivity contribution >= 4 is 28.9 Å². The molecule has 11 heteroatoms. The van der Waals surface area contributed by atoms with Gasteiger partial charge in [-0.15, -0.1) is 0 Å². The average molecular weight is 581 g/mol. The second-order valence-corrected chi connectivity index (χ2v) is 12.4. The van der Waals surface area contributed by atoms with Gasteiger partial charge in [0, 0.05) is 63.1 Å². The normalized spacial score (nSPS) is 24.4. The van der Waals surface area contributed by atoms with Crippen LogP contribution in [0, 0.1) is 0 Å². The third kappa shape index (κ3) is 7.07. The van der Waals surface area contributed by atoms with Crippen molar-refractivity contribution < 1.29 is 14.6 Å². The van der Waals surface area contributed by atoms with Gasteiger partial charge in [-0.25, -0.2) is 9.97 Å². The lowest BCUT2D eigenvalue weighted by Crippen LogP contribution is -2.52. The number of hydrogen-bond donors (Lipinski definition) is 4. The SMILES string of the molecule is CCc1nc(C(N)=O)c(Nc2ccc(N3CCC(N4CCN(C)CC4)CC3)cc2OC)nc1N[C@H]1CC[C@](C)(O)CC1. The van der Waals surface area contributed by atoms with E-state index in [0.29, 0.717) is 41.2 Å². The van der Waals surface area contributed by atoms with Crippen molar-refractivity contribution in [2.24, 2.45) is 5.73 Å². The molecule has 42 heavy (non-hydrogen) atoms. The summed E-state index contributed by atoms with van der Waals surface area (Å²) in [5, 5.41) is 17.2. The predicted octanol–water partition coefficient (Wildman–Crippen LogP) is 3.21. The Morgan fingerprint density at radius 1 is 1.07 bits per heavy atom. The van der Waals surface area contributed by atoms with E-state index in [0.717, 1.165) is 83.5 Å². The first-order valence-corrected chi connectivity index (χ1v) is 15.5. The third-order valence-corrected chi connectivity index (χ3v) is 9.26. The summed E-state index contributed by atoms with van der Waals surface area (Å²) in [7, 11) is 3.85. The summed E-state index contributed by atoms with van der Waals surface area (Å²) in [6, 6.07) is 6.93. The Balaban J connectivity index is 1.31. The summed E-state index contributed by atoms with van der Waals surface area (Å²) in [5.41, 5.74) is 7.72. The van der Waals surface area contributed by atoms with Crippen LogP contribution in [0.25, 0.3) is 0 Å². The number of aromatic nitrogens is 2. The van der Waals surface area contributed by atoms with Crippen LogP contribution in [0.2, 0.25) is 0 Å². The molecule has 0 atom stereocenters. The molecule has 0 bridgehead atoms. The van der Waals surface area contributed by atoms with E-state index in [4.69, 9.17) is 15.5 Å². The molecule has 0 unspecified atom stereocenters. The van der Waals surface area contributed by atoms with Crippen molar-refractivity contribution in [1.82, 2.24) is 19.8 Å². The molecule has 230 valence electrons. The van der Waals surface area contributed by atoms with Crippen LogP contribution in [0.3, 0.4) is 0 Å². The van der Waals surface area contributed by atoms with Crippen LogP contribution in [-0.2, 0) is 6.42 Å². The number of amides is 1. The number of carbonyl (C=O) groups is 1. The van der Waals surface area contributed by atoms with Gasteiger partial charge in [0.1, 0.15) is 11.6 Å². The molecule has 3 fully saturated rings. The van der Waals surface area contributed by atoms with Gasteiger partial charge in [0.05, 0.1) is 24.1 Å². The van der Waals surface area contributed by atoms with Gasteiger partial charge in [-0.2, -0.15) is 0 Å². The number of rotatable bonds is 9. The number of nitrogens with one attached hydrogen (secondary N) is 2. The molecule has 2 saturated heterocycles. The number of hydrogen-bond acceptors (Lipinski definition) is 10. The van der Waals surface area contributed by atoms with E-state index in [2.05, 4.69) is 43.4 Å². The number of nitrogens with zero attached hydrogens (tertiary/aromatic N) is 5. The van der Waals surface area contributed by atoms with Gasteiger partial charge in [0.2, 0.25) is 0 Å². The van der Waals surface area contributed by atoms with E-state index in [-0.39, 0.29) is 11.7 Å². The fourth-order valence-electron chi connectivity index (χ4n) is 6.45. The largest absolute Gasteiger partial charge is 0.494 e. The van der Waals surface area contributed by atoms with Crippen LogP contribution < -0.4 is 26.0 Å². The van der Waals surface area contributed by atoms with E-state index in [1.807, 2.05) is 26.0 Å². The molecule has 0 radical (unpaired) electrons. The summed E-state index contributed by atoms with van der Waals surface area (Å²) < 4.78 is 5.79. The Labute approximate surface area is 249 Å². The Hall–Kier alpha value is -3.15. The standard InChI is InChI=1S/C31H48N8O3/c1-5-24-29(33-21-8-12-31(2,41)13-9-21)36-30(27(34-24)28(32)40)35-25-7-6-23(20-26(25)42-4)38-14-10-22(11-15-38)39-18-16-37(3)17-19-39/h6-7,20-22,41H,5,8-19H2,1-4H3,(H2,32,40)(H2,33,35,36)/t21-,31-. The molecule has 1 aromatic heterocycles. The first-order chi connectivity index (χ1) is 20.2. The van der Waals surface area contributed by atoms with Crippen LogP contribution in [0.5, 0.6) is 5.75 Å². The fourth-order valence-corrected chi connectivity index (χ4v) is 6.45. The number of ether oxygens (including phenoxy) is 1. The van der Waals surface area contributed by atoms with Crippen LogP contribution in [0.4, 0.5) is 23.0 Å². The Morgan fingerprint density at radius 2 is 1.76 bits per heavy atom. The Kier molecular flexibility index (Phi) is 9.39. The Morgan fingerprint density at radius 3 is 2.38 bits per heavy atom. The molecule has 5 rings (SSSR count). The van der Waals surface area contributed by atoms with Gasteiger partial charge in [-0.3, -0.25) is 9.69 Å². The van der Waals surface area contributed by atoms with Crippen molar-refractivity contribution in [2.75, 3.05) is 69.0 Å². The van der Waals surface area contributed by atoms with Gasteiger partial charge >= 0.3 is 0 Å². The summed E-state index contributed by atoms with van der Waals surface area (Å²) in [5.74, 6) is 0.952. The van der Waals surface area contributed by atoms with Gasteiger partial charge in [0.25, 0.3) is 5.91 Å².